The summed E-state index contributed by atoms with van der Waals surface area (Å²) in [6.07, 6.45) is 6.18. The number of hydrogen-bond acceptors (Lipinski definition) is 2. The molecule has 0 bridgehead atoms. The molecule has 0 aliphatic rings. The van der Waals surface area contributed by atoms with Crippen LogP contribution in [0.25, 0.3) is 0 Å². The first-order valence-corrected chi connectivity index (χ1v) is 8.77. The molecule has 4 heteroatoms. The van der Waals surface area contributed by atoms with Crippen LogP contribution < -0.4 is 5.32 Å². The maximum Gasteiger partial charge on any atom is 0.0738 e. The van der Waals surface area contributed by atoms with Gasteiger partial charge < -0.3 is 5.32 Å². The van der Waals surface area contributed by atoms with Crippen LogP contribution in [0.1, 0.15) is 57.8 Å². The van der Waals surface area contributed by atoms with Gasteiger partial charge in [-0.3, -0.25) is 4.68 Å². The van der Waals surface area contributed by atoms with Gasteiger partial charge >= 0.3 is 0 Å². The average Bonchev–Trinajstić information content (AvgIpc) is 2.71. The Balaban J connectivity index is 2.91. The van der Waals surface area contributed by atoms with Gasteiger partial charge in [0.15, 0.2) is 0 Å². The topological polar surface area (TPSA) is 29.9 Å². The molecule has 1 atom stereocenters. The van der Waals surface area contributed by atoms with Crippen molar-refractivity contribution in [1.82, 2.24) is 15.1 Å². The monoisotopic (exact) mass is 343 g/mol. The number of nitrogens with zero attached hydrogens (tertiary/aromatic N) is 2. The summed E-state index contributed by atoms with van der Waals surface area (Å²) < 4.78 is 3.32. The summed E-state index contributed by atoms with van der Waals surface area (Å²) in [6.45, 7) is 9.73. The zero-order valence-corrected chi connectivity index (χ0v) is 15.3. The maximum atomic E-state index is 4.61. The van der Waals surface area contributed by atoms with Crippen LogP contribution in [0.15, 0.2) is 4.47 Å². The summed E-state index contributed by atoms with van der Waals surface area (Å²) in [7, 11) is 2.09. The molecule has 116 valence electrons. The zero-order chi connectivity index (χ0) is 15.1. The first-order chi connectivity index (χ1) is 9.58. The lowest BCUT2D eigenvalue weighted by atomic mass is 9.88. The van der Waals surface area contributed by atoms with Crippen molar-refractivity contribution in [3.8, 4) is 0 Å². The minimum atomic E-state index is 0.535. The average molecular weight is 344 g/mol. The highest BCUT2D eigenvalue weighted by atomic mass is 79.9. The molecule has 0 fully saturated rings. The summed E-state index contributed by atoms with van der Waals surface area (Å²) >= 11 is 3.72. The molecule has 0 saturated heterocycles. The summed E-state index contributed by atoms with van der Waals surface area (Å²) in [6, 6.07) is 0.535. The third-order valence-electron chi connectivity index (χ3n) is 4.12. The standard InChI is InChI=1S/C16H30BrN3/c1-6-9-13(10-7-2)14(18-5)11-15-16(17)12(4)19-20(15)8-3/h13-14,18H,6-11H2,1-5H3. The van der Waals surface area contributed by atoms with Gasteiger partial charge in [-0.05, 0) is 55.6 Å². The van der Waals surface area contributed by atoms with Gasteiger partial charge in [-0.2, -0.15) is 5.10 Å². The van der Waals surface area contributed by atoms with E-state index in [1.807, 2.05) is 0 Å². The van der Waals surface area contributed by atoms with E-state index in [0.717, 1.165) is 24.6 Å². The van der Waals surface area contributed by atoms with Crippen molar-refractivity contribution in [3.63, 3.8) is 0 Å². The summed E-state index contributed by atoms with van der Waals surface area (Å²) in [4.78, 5) is 0. The zero-order valence-electron chi connectivity index (χ0n) is 13.7. The van der Waals surface area contributed by atoms with Gasteiger partial charge in [0.05, 0.1) is 15.9 Å². The molecule has 0 aliphatic heterocycles. The minimum absolute atomic E-state index is 0.535. The van der Waals surface area contributed by atoms with E-state index in [1.54, 1.807) is 0 Å². The molecule has 3 nitrogen and oxygen atoms in total. The highest BCUT2D eigenvalue weighted by Crippen LogP contribution is 2.26. The molecule has 1 aromatic heterocycles. The second-order valence-corrected chi connectivity index (χ2v) is 6.39. The Morgan fingerprint density at radius 3 is 2.25 bits per heavy atom. The first kappa shape index (κ1) is 17.7. The van der Waals surface area contributed by atoms with Gasteiger partial charge in [-0.1, -0.05) is 26.7 Å². The van der Waals surface area contributed by atoms with Crippen molar-refractivity contribution in [2.75, 3.05) is 7.05 Å². The molecular weight excluding hydrogens is 314 g/mol. The van der Waals surface area contributed by atoms with Crippen molar-refractivity contribution in [2.24, 2.45) is 5.92 Å². The lowest BCUT2D eigenvalue weighted by molar-refractivity contribution is 0.317. The third kappa shape index (κ3) is 4.32. The van der Waals surface area contributed by atoms with Gasteiger partial charge in [0.1, 0.15) is 0 Å². The van der Waals surface area contributed by atoms with Crippen molar-refractivity contribution >= 4 is 15.9 Å². The largest absolute Gasteiger partial charge is 0.316 e. The maximum absolute atomic E-state index is 4.61. The fourth-order valence-corrected chi connectivity index (χ4v) is 3.51. The quantitative estimate of drug-likeness (QED) is 0.723. The molecule has 20 heavy (non-hydrogen) atoms. The Morgan fingerprint density at radius 1 is 1.20 bits per heavy atom. The molecule has 0 amide bonds. The van der Waals surface area contributed by atoms with Crippen molar-refractivity contribution in [2.45, 2.75) is 72.4 Å². The molecule has 0 aromatic carbocycles. The van der Waals surface area contributed by atoms with Crippen LogP contribution >= 0.6 is 15.9 Å². The van der Waals surface area contributed by atoms with E-state index >= 15 is 0 Å². The van der Waals surface area contributed by atoms with E-state index in [9.17, 15) is 0 Å². The highest BCUT2D eigenvalue weighted by Gasteiger charge is 2.22. The number of likely N-dealkylation sites (N-methyl/N-ethyl adjacent to an activating group) is 1. The number of halogens is 1. The van der Waals surface area contributed by atoms with E-state index < -0.39 is 0 Å². The molecule has 1 N–H and O–H groups in total. The molecule has 1 heterocycles. The predicted molar refractivity (Wildman–Crippen MR) is 90.2 cm³/mol. The summed E-state index contributed by atoms with van der Waals surface area (Å²) in [5.41, 5.74) is 2.43. The predicted octanol–water partition coefficient (Wildman–Crippen LogP) is 4.32. The normalized spacial score (nSPS) is 13.2. The van der Waals surface area contributed by atoms with Gasteiger partial charge in [0.2, 0.25) is 0 Å². The molecule has 1 unspecified atom stereocenters. The fraction of sp³-hybridized carbons (Fsp3) is 0.812. The Hall–Kier alpha value is -0.350. The molecule has 0 aliphatic carbocycles. The third-order valence-corrected chi connectivity index (χ3v) is 5.16. The van der Waals surface area contributed by atoms with Crippen molar-refractivity contribution in [1.29, 1.82) is 0 Å². The number of hydrogen-bond donors (Lipinski definition) is 1. The Morgan fingerprint density at radius 2 is 1.80 bits per heavy atom. The Bertz CT molecular complexity index is 395. The molecular formula is C16H30BrN3. The van der Waals surface area contributed by atoms with Crippen molar-refractivity contribution < 1.29 is 0 Å². The SMILES string of the molecule is CCCC(CCC)C(Cc1c(Br)c(C)nn1CC)NC. The van der Waals surface area contributed by atoms with Crippen LogP contribution in [0.3, 0.4) is 0 Å². The van der Waals surface area contributed by atoms with E-state index in [2.05, 4.69) is 65.8 Å². The highest BCUT2D eigenvalue weighted by molar-refractivity contribution is 9.10. The number of rotatable bonds is 9. The molecule has 0 radical (unpaired) electrons. The van der Waals surface area contributed by atoms with Crippen LogP contribution in [0.5, 0.6) is 0 Å². The van der Waals surface area contributed by atoms with Gasteiger partial charge in [-0.15, -0.1) is 0 Å². The minimum Gasteiger partial charge on any atom is -0.316 e. The van der Waals surface area contributed by atoms with Gasteiger partial charge in [-0.25, -0.2) is 0 Å². The van der Waals surface area contributed by atoms with Crippen LogP contribution in [-0.2, 0) is 13.0 Å². The lowest BCUT2D eigenvalue weighted by Gasteiger charge is -2.27. The smallest absolute Gasteiger partial charge is 0.0738 e. The van der Waals surface area contributed by atoms with E-state index in [0.29, 0.717) is 6.04 Å². The van der Waals surface area contributed by atoms with Crippen LogP contribution in [0.4, 0.5) is 0 Å². The van der Waals surface area contributed by atoms with E-state index in [4.69, 9.17) is 0 Å². The number of aryl methyl sites for hydroxylation is 2. The van der Waals surface area contributed by atoms with E-state index in [-0.39, 0.29) is 0 Å². The van der Waals surface area contributed by atoms with Gasteiger partial charge in [0, 0.05) is 19.0 Å². The second kappa shape index (κ2) is 8.83. The number of nitrogens with one attached hydrogen (secondary N) is 1. The molecule has 1 aromatic rings. The summed E-state index contributed by atoms with van der Waals surface area (Å²) in [5, 5.41) is 8.16. The second-order valence-electron chi connectivity index (χ2n) is 5.60. The molecule has 1 rings (SSSR count). The molecule has 0 spiro atoms. The van der Waals surface area contributed by atoms with E-state index in [1.165, 1.54) is 35.8 Å². The van der Waals surface area contributed by atoms with Crippen LogP contribution in [0, 0.1) is 12.8 Å². The summed E-state index contributed by atoms with van der Waals surface area (Å²) in [5.74, 6) is 0.752. The first-order valence-electron chi connectivity index (χ1n) is 7.97. The van der Waals surface area contributed by atoms with Gasteiger partial charge in [0.25, 0.3) is 0 Å². The lowest BCUT2D eigenvalue weighted by Crippen LogP contribution is -2.36. The van der Waals surface area contributed by atoms with Crippen LogP contribution in [0.2, 0.25) is 0 Å². The van der Waals surface area contributed by atoms with Crippen molar-refractivity contribution in [3.05, 3.63) is 15.9 Å². The van der Waals surface area contributed by atoms with Crippen LogP contribution in [-0.4, -0.2) is 22.9 Å². The fourth-order valence-electron chi connectivity index (χ4n) is 3.07. The Labute approximate surface area is 132 Å². The molecule has 0 saturated carbocycles. The Kier molecular flexibility index (Phi) is 7.82. The number of aromatic nitrogens is 2.